The van der Waals surface area contributed by atoms with Gasteiger partial charge in [0, 0.05) is 26.3 Å². The normalized spacial score (nSPS) is 11.1. The molecule has 0 fully saturated rings. The Kier molecular flexibility index (Phi) is 5.24. The molecule has 0 N–H and O–H groups in total. The molecule has 12 heavy (non-hydrogen) atoms. The van der Waals surface area contributed by atoms with Gasteiger partial charge in [0.05, 0.1) is 0 Å². The molecule has 0 spiro atoms. The van der Waals surface area contributed by atoms with Gasteiger partial charge in [-0.25, -0.2) is 4.57 Å². The predicted molar refractivity (Wildman–Crippen MR) is 48.9 cm³/mol. The lowest BCUT2D eigenvalue weighted by atomic mass is 10.1. The number of hydrogen-bond donors (Lipinski definition) is 0. The molecule has 0 amide bonds. The highest BCUT2D eigenvalue weighted by atomic mass is 31.2. The predicted octanol–water partition coefficient (Wildman–Crippen LogP) is 2.48. The number of rotatable bonds is 3. The molecule has 0 aromatic carbocycles. The zero-order chi connectivity index (χ0) is 9.61. The minimum Gasteiger partial charge on any atom is -0.303 e. The molecule has 0 saturated carbocycles. The Hall–Kier alpha value is -0.290. The Morgan fingerprint density at radius 2 is 1.83 bits per heavy atom. The number of hydrogen-bond acceptors (Lipinski definition) is 3. The van der Waals surface area contributed by atoms with Crippen molar-refractivity contribution in [2.45, 2.75) is 20.3 Å². The molecule has 0 aliphatic heterocycles. The van der Waals surface area contributed by atoms with Crippen LogP contribution in [-0.4, -0.2) is 14.2 Å². The van der Waals surface area contributed by atoms with E-state index in [4.69, 9.17) is 0 Å². The average molecular weight is 190 g/mol. The quantitative estimate of drug-likeness (QED) is 0.506. The molecule has 0 saturated heterocycles. The molecule has 0 bridgehead atoms. The SMILES string of the molecule is COP(=O)(C#CCC(C)C)OC. The molecule has 0 unspecified atom stereocenters. The molecule has 4 heteroatoms. The molecule has 0 rings (SSSR count). The van der Waals surface area contributed by atoms with Crippen LogP contribution in [0.1, 0.15) is 20.3 Å². The van der Waals surface area contributed by atoms with E-state index in [9.17, 15) is 4.57 Å². The maximum Gasteiger partial charge on any atom is 0.405 e. The van der Waals surface area contributed by atoms with Crippen molar-refractivity contribution in [1.82, 2.24) is 0 Å². The van der Waals surface area contributed by atoms with Crippen LogP contribution in [0, 0.1) is 17.5 Å². The Labute approximate surface area is 74.0 Å². The van der Waals surface area contributed by atoms with Crippen molar-refractivity contribution in [3.05, 3.63) is 0 Å². The molecule has 3 nitrogen and oxygen atoms in total. The molecule has 70 valence electrons. The lowest BCUT2D eigenvalue weighted by molar-refractivity contribution is 0.288. The first-order valence-corrected chi connectivity index (χ1v) is 5.30. The smallest absolute Gasteiger partial charge is 0.303 e. The van der Waals surface area contributed by atoms with Crippen molar-refractivity contribution in [1.29, 1.82) is 0 Å². The van der Waals surface area contributed by atoms with Crippen molar-refractivity contribution in [3.8, 4) is 11.6 Å². The molecular weight excluding hydrogens is 175 g/mol. The van der Waals surface area contributed by atoms with Crippen LogP contribution in [0.4, 0.5) is 0 Å². The highest BCUT2D eigenvalue weighted by Crippen LogP contribution is 2.44. The van der Waals surface area contributed by atoms with Crippen molar-refractivity contribution < 1.29 is 13.6 Å². The van der Waals surface area contributed by atoms with Crippen molar-refractivity contribution in [2.75, 3.05) is 14.2 Å². The zero-order valence-electron chi connectivity index (χ0n) is 7.96. The molecule has 0 aromatic rings. The Morgan fingerprint density at radius 3 is 2.17 bits per heavy atom. The second-order valence-electron chi connectivity index (χ2n) is 2.75. The standard InChI is InChI=1S/C8H15O3P/c1-8(2)6-5-7-12(9,10-3)11-4/h8H,6H2,1-4H3. The summed E-state index contributed by atoms with van der Waals surface area (Å²) in [6.07, 6.45) is 0.705. The van der Waals surface area contributed by atoms with Crippen LogP contribution in [0.5, 0.6) is 0 Å². The minimum atomic E-state index is -3.10. The summed E-state index contributed by atoms with van der Waals surface area (Å²) < 4.78 is 20.6. The maximum absolute atomic E-state index is 11.3. The van der Waals surface area contributed by atoms with Gasteiger partial charge in [0.15, 0.2) is 0 Å². The molecule has 0 radical (unpaired) electrons. The largest absolute Gasteiger partial charge is 0.405 e. The first-order valence-electron chi connectivity index (χ1n) is 3.75. The summed E-state index contributed by atoms with van der Waals surface area (Å²) in [4.78, 5) is 0. The van der Waals surface area contributed by atoms with Gasteiger partial charge in [0.1, 0.15) is 0 Å². The average Bonchev–Trinajstić information content (AvgIpc) is 2.03. The van der Waals surface area contributed by atoms with Crippen LogP contribution < -0.4 is 0 Å². The molecule has 0 heterocycles. The summed E-state index contributed by atoms with van der Waals surface area (Å²) in [5, 5.41) is 0. The zero-order valence-corrected chi connectivity index (χ0v) is 8.85. The summed E-state index contributed by atoms with van der Waals surface area (Å²) in [7, 11) is -0.443. The van der Waals surface area contributed by atoms with Crippen molar-refractivity contribution >= 4 is 7.60 Å². The van der Waals surface area contributed by atoms with E-state index in [1.165, 1.54) is 14.2 Å². The third-order valence-electron chi connectivity index (χ3n) is 1.21. The maximum atomic E-state index is 11.3. The van der Waals surface area contributed by atoms with Crippen LogP contribution in [0.2, 0.25) is 0 Å². The van der Waals surface area contributed by atoms with E-state index in [0.717, 1.165) is 0 Å². The second-order valence-corrected chi connectivity index (χ2v) is 4.70. The molecular formula is C8H15O3P. The summed E-state index contributed by atoms with van der Waals surface area (Å²) in [5.41, 5.74) is 2.49. The van der Waals surface area contributed by atoms with Gasteiger partial charge in [-0.15, -0.1) is 0 Å². The summed E-state index contributed by atoms with van der Waals surface area (Å²) in [5.74, 6) is 3.24. The minimum absolute atomic E-state index is 0.472. The third kappa shape index (κ3) is 4.56. The van der Waals surface area contributed by atoms with E-state index in [1.807, 2.05) is 13.8 Å². The Bertz CT molecular complexity index is 216. The van der Waals surface area contributed by atoms with Crippen LogP contribution in [0.3, 0.4) is 0 Å². The van der Waals surface area contributed by atoms with Crippen molar-refractivity contribution in [2.24, 2.45) is 5.92 Å². The monoisotopic (exact) mass is 190 g/mol. The Morgan fingerprint density at radius 1 is 1.33 bits per heavy atom. The van der Waals surface area contributed by atoms with E-state index >= 15 is 0 Å². The Balaban J connectivity index is 4.16. The summed E-state index contributed by atoms with van der Waals surface area (Å²) in [6.45, 7) is 4.08. The second kappa shape index (κ2) is 5.37. The molecule has 0 atom stereocenters. The molecule has 0 aliphatic carbocycles. The van der Waals surface area contributed by atoms with E-state index in [2.05, 4.69) is 20.6 Å². The van der Waals surface area contributed by atoms with Gasteiger partial charge in [-0.3, -0.25) is 0 Å². The fourth-order valence-corrected chi connectivity index (χ4v) is 1.13. The van der Waals surface area contributed by atoms with Gasteiger partial charge in [0.2, 0.25) is 0 Å². The first kappa shape index (κ1) is 11.7. The third-order valence-corrected chi connectivity index (χ3v) is 2.60. The van der Waals surface area contributed by atoms with Gasteiger partial charge in [-0.2, -0.15) is 0 Å². The lowest BCUT2D eigenvalue weighted by Gasteiger charge is -2.04. The first-order chi connectivity index (χ1) is 5.54. The fraction of sp³-hybridized carbons (Fsp3) is 0.750. The van der Waals surface area contributed by atoms with Gasteiger partial charge in [-0.1, -0.05) is 19.8 Å². The van der Waals surface area contributed by atoms with Crippen LogP contribution in [0.15, 0.2) is 0 Å². The van der Waals surface area contributed by atoms with Gasteiger partial charge >= 0.3 is 7.60 Å². The van der Waals surface area contributed by atoms with E-state index in [1.54, 1.807) is 0 Å². The van der Waals surface area contributed by atoms with E-state index < -0.39 is 7.60 Å². The summed E-state index contributed by atoms with van der Waals surface area (Å²) >= 11 is 0. The van der Waals surface area contributed by atoms with Crippen LogP contribution >= 0.6 is 7.60 Å². The molecule has 0 aliphatic rings. The van der Waals surface area contributed by atoms with Crippen molar-refractivity contribution in [3.63, 3.8) is 0 Å². The lowest BCUT2D eigenvalue weighted by Crippen LogP contribution is -1.86. The van der Waals surface area contributed by atoms with Crippen LogP contribution in [0.25, 0.3) is 0 Å². The van der Waals surface area contributed by atoms with E-state index in [0.29, 0.717) is 12.3 Å². The van der Waals surface area contributed by atoms with Crippen LogP contribution in [-0.2, 0) is 13.6 Å². The fourth-order valence-electron chi connectivity index (χ4n) is 0.512. The summed E-state index contributed by atoms with van der Waals surface area (Å²) in [6, 6.07) is 0. The van der Waals surface area contributed by atoms with Gasteiger partial charge < -0.3 is 9.05 Å². The van der Waals surface area contributed by atoms with Gasteiger partial charge in [-0.05, 0) is 5.92 Å². The van der Waals surface area contributed by atoms with Gasteiger partial charge in [0.25, 0.3) is 0 Å². The molecule has 0 aromatic heterocycles. The van der Waals surface area contributed by atoms with E-state index in [-0.39, 0.29) is 0 Å². The highest BCUT2D eigenvalue weighted by molar-refractivity contribution is 7.59. The highest BCUT2D eigenvalue weighted by Gasteiger charge is 2.15. The topological polar surface area (TPSA) is 35.5 Å².